The van der Waals surface area contributed by atoms with Gasteiger partial charge in [0.05, 0.1) is 12.5 Å². The highest BCUT2D eigenvalue weighted by Gasteiger charge is 2.32. The minimum atomic E-state index is -4.67. The van der Waals surface area contributed by atoms with Gasteiger partial charge in [0.1, 0.15) is 17.4 Å². The van der Waals surface area contributed by atoms with E-state index in [0.29, 0.717) is 5.69 Å². The molecule has 3 aromatic heterocycles. The Morgan fingerprint density at radius 2 is 1.81 bits per heavy atom. The van der Waals surface area contributed by atoms with Gasteiger partial charge in [-0.25, -0.2) is 13.8 Å². The number of nitrogens with zero attached hydrogens (tertiary/aromatic N) is 6. The van der Waals surface area contributed by atoms with E-state index >= 15 is 0 Å². The third-order valence-electron chi connectivity index (χ3n) is 3.88. The molecule has 3 aromatic rings. The van der Waals surface area contributed by atoms with Gasteiger partial charge in [0.25, 0.3) is 0 Å². The van der Waals surface area contributed by atoms with Crippen LogP contribution in [0.25, 0.3) is 11.5 Å². The number of aromatic nitrogens is 5. The number of nitriles is 1. The first-order chi connectivity index (χ1) is 15.1. The highest BCUT2D eigenvalue weighted by atomic mass is 19.4. The second-order valence-electron chi connectivity index (χ2n) is 6.46. The molecule has 1 unspecified atom stereocenters. The molecule has 0 spiro atoms. The standard InChI is InChI=1S/C19H15F5N8/c1-10(9-25)27-17-30-16(13-3-2-4-14(29-13)19(22,23)24)31-18(32-17)28-11-5-6-26-12(7-11)8-15(20)21/h2-7,10,15H,8H2,1H3,(H2,26,27,28,30,31,32). The molecule has 1 atom stereocenters. The Hall–Kier alpha value is -3.95. The lowest BCUT2D eigenvalue weighted by Gasteiger charge is -2.12. The van der Waals surface area contributed by atoms with Gasteiger partial charge in [-0.1, -0.05) is 6.07 Å². The fourth-order valence-electron chi connectivity index (χ4n) is 2.51. The Bertz CT molecular complexity index is 1130. The molecule has 0 aliphatic rings. The van der Waals surface area contributed by atoms with Crippen molar-refractivity contribution in [2.24, 2.45) is 0 Å². The van der Waals surface area contributed by atoms with Gasteiger partial charge in [-0.3, -0.25) is 4.98 Å². The number of anilines is 3. The Balaban J connectivity index is 2.00. The van der Waals surface area contributed by atoms with Crippen LogP contribution in [0.2, 0.25) is 0 Å². The Morgan fingerprint density at radius 3 is 2.50 bits per heavy atom. The van der Waals surface area contributed by atoms with Crippen LogP contribution in [-0.4, -0.2) is 37.4 Å². The van der Waals surface area contributed by atoms with Crippen LogP contribution in [0.15, 0.2) is 36.5 Å². The molecule has 0 amide bonds. The average molecular weight is 450 g/mol. The molecule has 32 heavy (non-hydrogen) atoms. The van der Waals surface area contributed by atoms with Crippen molar-refractivity contribution in [3.05, 3.63) is 47.9 Å². The van der Waals surface area contributed by atoms with Gasteiger partial charge < -0.3 is 10.6 Å². The molecule has 3 heterocycles. The minimum absolute atomic E-state index is 0.0902. The summed E-state index contributed by atoms with van der Waals surface area (Å²) in [6.45, 7) is 1.53. The predicted octanol–water partition coefficient (Wildman–Crippen LogP) is 4.22. The molecule has 0 aliphatic carbocycles. The van der Waals surface area contributed by atoms with E-state index in [1.54, 1.807) is 0 Å². The third-order valence-corrected chi connectivity index (χ3v) is 3.88. The topological polar surface area (TPSA) is 112 Å². The summed E-state index contributed by atoms with van der Waals surface area (Å²) in [5, 5.41) is 14.5. The minimum Gasteiger partial charge on any atom is -0.339 e. The molecule has 166 valence electrons. The van der Waals surface area contributed by atoms with E-state index in [-0.39, 0.29) is 29.1 Å². The van der Waals surface area contributed by atoms with Crippen LogP contribution in [0, 0.1) is 11.3 Å². The van der Waals surface area contributed by atoms with Crippen LogP contribution >= 0.6 is 0 Å². The number of hydrogen-bond donors (Lipinski definition) is 2. The molecule has 13 heteroatoms. The van der Waals surface area contributed by atoms with Crippen molar-refractivity contribution in [1.82, 2.24) is 24.9 Å². The smallest absolute Gasteiger partial charge is 0.339 e. The molecule has 0 aliphatic heterocycles. The van der Waals surface area contributed by atoms with Crippen LogP contribution in [0.1, 0.15) is 18.3 Å². The molecular weight excluding hydrogens is 435 g/mol. The molecule has 0 radical (unpaired) electrons. The summed E-state index contributed by atoms with van der Waals surface area (Å²) in [5.74, 6) is -0.383. The number of hydrogen-bond acceptors (Lipinski definition) is 8. The number of halogens is 5. The maximum atomic E-state index is 13.0. The summed E-state index contributed by atoms with van der Waals surface area (Å²) in [6, 6.07) is 7.30. The second-order valence-corrected chi connectivity index (χ2v) is 6.46. The van der Waals surface area contributed by atoms with E-state index in [4.69, 9.17) is 5.26 Å². The van der Waals surface area contributed by atoms with Crippen LogP contribution < -0.4 is 10.6 Å². The largest absolute Gasteiger partial charge is 0.433 e. The van der Waals surface area contributed by atoms with Crippen molar-refractivity contribution in [3.8, 4) is 17.6 Å². The van der Waals surface area contributed by atoms with Gasteiger partial charge in [-0.05, 0) is 31.2 Å². The van der Waals surface area contributed by atoms with E-state index in [2.05, 4.69) is 35.6 Å². The first kappa shape index (κ1) is 22.7. The van der Waals surface area contributed by atoms with Crippen molar-refractivity contribution in [3.63, 3.8) is 0 Å². The number of nitrogens with one attached hydrogen (secondary N) is 2. The van der Waals surface area contributed by atoms with Crippen molar-refractivity contribution in [1.29, 1.82) is 5.26 Å². The molecule has 0 fully saturated rings. The molecule has 8 nitrogen and oxygen atoms in total. The average Bonchev–Trinajstić information content (AvgIpc) is 2.72. The molecule has 0 bridgehead atoms. The fraction of sp³-hybridized carbons (Fsp3) is 0.263. The quantitative estimate of drug-likeness (QED) is 0.515. The van der Waals surface area contributed by atoms with Crippen molar-refractivity contribution >= 4 is 17.6 Å². The van der Waals surface area contributed by atoms with Gasteiger partial charge in [-0.15, -0.1) is 0 Å². The van der Waals surface area contributed by atoms with Crippen molar-refractivity contribution in [2.45, 2.75) is 32.0 Å². The van der Waals surface area contributed by atoms with Crippen LogP contribution in [0.5, 0.6) is 0 Å². The fourth-order valence-corrected chi connectivity index (χ4v) is 2.51. The van der Waals surface area contributed by atoms with E-state index in [9.17, 15) is 22.0 Å². The lowest BCUT2D eigenvalue weighted by Crippen LogP contribution is -2.16. The number of pyridine rings is 2. The molecular formula is C19H15F5N8. The van der Waals surface area contributed by atoms with Crippen LogP contribution in [-0.2, 0) is 12.6 Å². The molecule has 0 saturated carbocycles. The Kier molecular flexibility index (Phi) is 6.72. The Labute approximate surface area is 178 Å². The van der Waals surface area contributed by atoms with Crippen molar-refractivity contribution < 1.29 is 22.0 Å². The Morgan fingerprint density at radius 1 is 1.06 bits per heavy atom. The van der Waals surface area contributed by atoms with Gasteiger partial charge in [-0.2, -0.15) is 33.4 Å². The summed E-state index contributed by atoms with van der Waals surface area (Å²) < 4.78 is 64.4. The molecule has 0 saturated heterocycles. The monoisotopic (exact) mass is 450 g/mol. The van der Waals surface area contributed by atoms with Gasteiger partial charge in [0, 0.05) is 17.6 Å². The van der Waals surface area contributed by atoms with E-state index in [0.717, 1.165) is 12.1 Å². The molecule has 3 rings (SSSR count). The first-order valence-corrected chi connectivity index (χ1v) is 9.11. The highest BCUT2D eigenvalue weighted by Crippen LogP contribution is 2.29. The van der Waals surface area contributed by atoms with E-state index < -0.39 is 30.8 Å². The lowest BCUT2D eigenvalue weighted by molar-refractivity contribution is -0.141. The van der Waals surface area contributed by atoms with Crippen LogP contribution in [0.4, 0.5) is 39.5 Å². The van der Waals surface area contributed by atoms with Crippen molar-refractivity contribution in [2.75, 3.05) is 10.6 Å². The number of alkyl halides is 5. The highest BCUT2D eigenvalue weighted by molar-refractivity contribution is 5.59. The summed E-state index contributed by atoms with van der Waals surface area (Å²) in [4.78, 5) is 19.6. The van der Waals surface area contributed by atoms with Crippen LogP contribution in [0.3, 0.4) is 0 Å². The normalized spacial score (nSPS) is 12.3. The zero-order valence-electron chi connectivity index (χ0n) is 16.4. The second kappa shape index (κ2) is 9.46. The summed E-state index contributed by atoms with van der Waals surface area (Å²) in [5.41, 5.74) is -0.860. The van der Waals surface area contributed by atoms with Gasteiger partial charge >= 0.3 is 6.18 Å². The summed E-state index contributed by atoms with van der Waals surface area (Å²) in [6.07, 6.45) is -6.50. The predicted molar refractivity (Wildman–Crippen MR) is 104 cm³/mol. The number of rotatable bonds is 7. The maximum absolute atomic E-state index is 13.0. The zero-order chi connectivity index (χ0) is 23.3. The molecule has 2 N–H and O–H groups in total. The summed E-state index contributed by atoms with van der Waals surface area (Å²) >= 11 is 0. The zero-order valence-corrected chi connectivity index (χ0v) is 16.4. The van der Waals surface area contributed by atoms with Gasteiger partial charge in [0.2, 0.25) is 18.3 Å². The van der Waals surface area contributed by atoms with Gasteiger partial charge in [0.15, 0.2) is 5.82 Å². The van der Waals surface area contributed by atoms with E-state index in [1.807, 2.05) is 6.07 Å². The SMILES string of the molecule is CC(C#N)Nc1nc(Nc2ccnc(CC(F)F)c2)nc(-c2cccc(C(F)(F)F)n2)n1. The van der Waals surface area contributed by atoms with E-state index in [1.165, 1.54) is 31.3 Å². The lowest BCUT2D eigenvalue weighted by atomic mass is 10.2. The summed E-state index contributed by atoms with van der Waals surface area (Å²) in [7, 11) is 0. The third kappa shape index (κ3) is 6.03. The first-order valence-electron chi connectivity index (χ1n) is 9.11. The maximum Gasteiger partial charge on any atom is 0.433 e. The molecule has 0 aromatic carbocycles.